The van der Waals surface area contributed by atoms with Gasteiger partial charge in [-0.3, -0.25) is 0 Å². The third kappa shape index (κ3) is 3.78. The highest BCUT2D eigenvalue weighted by molar-refractivity contribution is 9.10. The summed E-state index contributed by atoms with van der Waals surface area (Å²) in [4.78, 5) is 0.269. The van der Waals surface area contributed by atoms with Gasteiger partial charge in [-0.15, -0.1) is 0 Å². The third-order valence-electron chi connectivity index (χ3n) is 4.47. The smallest absolute Gasteiger partial charge is 0.0644 e. The van der Waals surface area contributed by atoms with Gasteiger partial charge in [0.2, 0.25) is 0 Å². The fourth-order valence-corrected chi connectivity index (χ4v) is 4.07. The second kappa shape index (κ2) is 7.11. The van der Waals surface area contributed by atoms with Gasteiger partial charge < -0.3 is 0 Å². The Kier molecular flexibility index (Phi) is 5.18. The van der Waals surface area contributed by atoms with Crippen LogP contribution < -0.4 is 0 Å². The first-order chi connectivity index (χ1) is 10.2. The van der Waals surface area contributed by atoms with Gasteiger partial charge in [0.05, 0.1) is 4.83 Å². The number of benzene rings is 2. The molecule has 0 N–H and O–H groups in total. The number of rotatable bonds is 3. The molecule has 0 spiro atoms. The second-order valence-electron chi connectivity index (χ2n) is 5.92. The fraction of sp³-hybridized carbons (Fsp3) is 0.368. The van der Waals surface area contributed by atoms with Crippen molar-refractivity contribution < 1.29 is 0 Å². The summed E-state index contributed by atoms with van der Waals surface area (Å²) in [7, 11) is 0. The summed E-state index contributed by atoms with van der Waals surface area (Å²) in [6.07, 6.45) is 6.94. The van der Waals surface area contributed by atoms with Crippen LogP contribution in [-0.2, 0) is 0 Å². The van der Waals surface area contributed by atoms with Crippen molar-refractivity contribution in [3.05, 3.63) is 69.7 Å². The van der Waals surface area contributed by atoms with E-state index in [4.69, 9.17) is 0 Å². The molecule has 110 valence electrons. The monoisotopic (exact) mass is 406 g/mol. The molecular weight excluding hydrogens is 388 g/mol. The second-order valence-corrected chi connectivity index (χ2v) is 7.75. The summed E-state index contributed by atoms with van der Waals surface area (Å²) in [5, 5.41) is 0. The van der Waals surface area contributed by atoms with Crippen molar-refractivity contribution in [3.8, 4) is 0 Å². The first kappa shape index (κ1) is 15.3. The number of hydrogen-bond acceptors (Lipinski definition) is 0. The summed E-state index contributed by atoms with van der Waals surface area (Å²) in [5.41, 5.74) is 4.15. The molecular formula is C19H20Br2. The van der Waals surface area contributed by atoms with Crippen molar-refractivity contribution in [3.63, 3.8) is 0 Å². The van der Waals surface area contributed by atoms with Crippen LogP contribution in [0.15, 0.2) is 53.0 Å². The summed E-state index contributed by atoms with van der Waals surface area (Å²) >= 11 is 7.31. The first-order valence-electron chi connectivity index (χ1n) is 7.73. The Morgan fingerprint density at radius 3 is 1.86 bits per heavy atom. The Morgan fingerprint density at radius 1 is 0.762 bits per heavy atom. The van der Waals surface area contributed by atoms with E-state index in [1.807, 2.05) is 0 Å². The topological polar surface area (TPSA) is 0 Å². The minimum atomic E-state index is 0.269. The summed E-state index contributed by atoms with van der Waals surface area (Å²) in [6, 6.07) is 17.8. The van der Waals surface area contributed by atoms with Crippen LogP contribution in [0, 0.1) is 0 Å². The molecule has 0 radical (unpaired) electrons. The van der Waals surface area contributed by atoms with Crippen molar-refractivity contribution in [1.29, 1.82) is 0 Å². The Morgan fingerprint density at radius 2 is 1.29 bits per heavy atom. The number of hydrogen-bond donors (Lipinski definition) is 0. The van der Waals surface area contributed by atoms with Crippen LogP contribution in [0.3, 0.4) is 0 Å². The summed E-state index contributed by atoms with van der Waals surface area (Å²) < 4.78 is 1.12. The lowest BCUT2D eigenvalue weighted by molar-refractivity contribution is 0.443. The zero-order valence-electron chi connectivity index (χ0n) is 12.1. The van der Waals surface area contributed by atoms with E-state index in [0.717, 1.165) is 10.4 Å². The molecule has 1 fully saturated rings. The average molecular weight is 408 g/mol. The van der Waals surface area contributed by atoms with E-state index < -0.39 is 0 Å². The Balaban J connectivity index is 1.75. The van der Waals surface area contributed by atoms with Crippen molar-refractivity contribution in [1.82, 2.24) is 0 Å². The van der Waals surface area contributed by atoms with E-state index in [2.05, 4.69) is 80.4 Å². The minimum Gasteiger partial charge on any atom is -0.0786 e. The van der Waals surface area contributed by atoms with Gasteiger partial charge in [0.25, 0.3) is 0 Å². The minimum absolute atomic E-state index is 0.269. The van der Waals surface area contributed by atoms with E-state index in [0.29, 0.717) is 0 Å². The van der Waals surface area contributed by atoms with Gasteiger partial charge in [0.15, 0.2) is 0 Å². The maximum absolute atomic E-state index is 3.82. The molecule has 0 aromatic heterocycles. The maximum atomic E-state index is 3.82. The van der Waals surface area contributed by atoms with Crippen molar-refractivity contribution >= 4 is 31.9 Å². The van der Waals surface area contributed by atoms with E-state index in [-0.39, 0.29) is 4.83 Å². The molecule has 1 atom stereocenters. The van der Waals surface area contributed by atoms with Gasteiger partial charge >= 0.3 is 0 Å². The van der Waals surface area contributed by atoms with Crippen molar-refractivity contribution in [2.75, 3.05) is 0 Å². The molecule has 1 saturated carbocycles. The molecule has 2 heteroatoms. The predicted octanol–water partition coefficient (Wildman–Crippen LogP) is 6.98. The molecule has 0 amide bonds. The highest BCUT2D eigenvalue weighted by Crippen LogP contribution is 2.35. The molecule has 0 heterocycles. The van der Waals surface area contributed by atoms with Gasteiger partial charge in [0, 0.05) is 4.47 Å². The summed E-state index contributed by atoms with van der Waals surface area (Å²) in [6.45, 7) is 0. The molecule has 2 aromatic rings. The van der Waals surface area contributed by atoms with Crippen LogP contribution in [0.5, 0.6) is 0 Å². The van der Waals surface area contributed by atoms with Crippen LogP contribution in [-0.4, -0.2) is 0 Å². The summed E-state index contributed by atoms with van der Waals surface area (Å²) in [5.74, 6) is 0.786. The van der Waals surface area contributed by atoms with Gasteiger partial charge in [-0.05, 0) is 47.6 Å². The zero-order chi connectivity index (χ0) is 14.7. The molecule has 0 saturated heterocycles. The lowest BCUT2D eigenvalue weighted by Crippen LogP contribution is -2.04. The van der Waals surface area contributed by atoms with Gasteiger partial charge in [0.1, 0.15) is 0 Å². The molecule has 0 aliphatic heterocycles. The number of alkyl halides is 1. The molecule has 1 unspecified atom stereocenters. The lowest BCUT2D eigenvalue weighted by atomic mass is 9.84. The fourth-order valence-electron chi connectivity index (χ4n) is 3.20. The van der Waals surface area contributed by atoms with E-state index >= 15 is 0 Å². The Labute approximate surface area is 144 Å². The molecule has 0 nitrogen and oxygen atoms in total. The standard InChI is InChI=1S/C19H20Br2/c20-18-12-10-17(11-13-18)19(21)16-8-6-15(7-9-16)14-4-2-1-3-5-14/h6-14,19H,1-5H2. The van der Waals surface area contributed by atoms with Crippen molar-refractivity contribution in [2.45, 2.75) is 42.8 Å². The SMILES string of the molecule is Brc1ccc(C(Br)c2ccc(C3CCCCC3)cc2)cc1. The van der Waals surface area contributed by atoms with Crippen molar-refractivity contribution in [2.24, 2.45) is 0 Å². The highest BCUT2D eigenvalue weighted by atomic mass is 79.9. The predicted molar refractivity (Wildman–Crippen MR) is 97.2 cm³/mol. The van der Waals surface area contributed by atoms with Gasteiger partial charge in [-0.25, -0.2) is 0 Å². The van der Waals surface area contributed by atoms with Crippen LogP contribution in [0.1, 0.15) is 59.5 Å². The lowest BCUT2D eigenvalue weighted by Gasteiger charge is -2.22. The first-order valence-corrected chi connectivity index (χ1v) is 9.44. The molecule has 2 aromatic carbocycles. The molecule has 21 heavy (non-hydrogen) atoms. The third-order valence-corrected chi connectivity index (χ3v) is 6.05. The Hall–Kier alpha value is -0.600. The normalized spacial score (nSPS) is 17.6. The zero-order valence-corrected chi connectivity index (χ0v) is 15.2. The Bertz CT molecular complexity index is 566. The quantitative estimate of drug-likeness (QED) is 0.481. The number of halogens is 2. The highest BCUT2D eigenvalue weighted by Gasteiger charge is 2.16. The average Bonchev–Trinajstić information content (AvgIpc) is 2.56. The van der Waals surface area contributed by atoms with Crippen LogP contribution >= 0.6 is 31.9 Å². The van der Waals surface area contributed by atoms with Crippen LogP contribution in [0.25, 0.3) is 0 Å². The van der Waals surface area contributed by atoms with E-state index in [9.17, 15) is 0 Å². The molecule has 1 aliphatic carbocycles. The van der Waals surface area contributed by atoms with E-state index in [1.54, 1.807) is 0 Å². The van der Waals surface area contributed by atoms with Gasteiger partial charge in [-0.2, -0.15) is 0 Å². The molecule has 1 aliphatic rings. The maximum Gasteiger partial charge on any atom is 0.0644 e. The van der Waals surface area contributed by atoms with E-state index in [1.165, 1.54) is 48.8 Å². The van der Waals surface area contributed by atoms with Crippen LogP contribution in [0.2, 0.25) is 0 Å². The van der Waals surface area contributed by atoms with Gasteiger partial charge in [-0.1, -0.05) is 87.5 Å². The van der Waals surface area contributed by atoms with Crippen LogP contribution in [0.4, 0.5) is 0 Å². The largest absolute Gasteiger partial charge is 0.0786 e. The molecule has 0 bridgehead atoms. The molecule has 3 rings (SSSR count).